The summed E-state index contributed by atoms with van der Waals surface area (Å²) in [5.74, 6) is 0. The molecule has 0 radical (unpaired) electrons. The average Bonchev–Trinajstić information content (AvgIpc) is 2.49. The van der Waals surface area contributed by atoms with Crippen LogP contribution in [-0.2, 0) is 14.8 Å². The number of methoxy groups -OCH3 is 1. The van der Waals surface area contributed by atoms with Crippen molar-refractivity contribution in [2.45, 2.75) is 38.0 Å². The predicted octanol–water partition coefficient (Wildman–Crippen LogP) is 0.835. The number of nitrogens with zero attached hydrogens (tertiary/aromatic N) is 1. The largest absolute Gasteiger partial charge is 0.377 e. The maximum absolute atomic E-state index is 11.8. The second-order valence-corrected chi connectivity index (χ2v) is 6.82. The van der Waals surface area contributed by atoms with Crippen LogP contribution in [0.4, 0.5) is 0 Å². The molecule has 0 N–H and O–H groups in total. The molecule has 5 heteroatoms. The van der Waals surface area contributed by atoms with E-state index in [2.05, 4.69) is 0 Å². The van der Waals surface area contributed by atoms with Crippen LogP contribution in [0.3, 0.4) is 0 Å². The van der Waals surface area contributed by atoms with E-state index in [0.29, 0.717) is 13.1 Å². The zero-order valence-corrected chi connectivity index (χ0v) is 10.1. The van der Waals surface area contributed by atoms with Crippen molar-refractivity contribution in [1.82, 2.24) is 4.31 Å². The Balaban J connectivity index is 2.77. The molecule has 1 rings (SSSR count). The van der Waals surface area contributed by atoms with E-state index in [0.717, 1.165) is 6.42 Å². The van der Waals surface area contributed by atoms with Gasteiger partial charge in [0, 0.05) is 20.2 Å². The Bertz CT molecular complexity index is 299. The lowest BCUT2D eigenvalue weighted by molar-refractivity contribution is 0.0198. The standard InChI is InChI=1S/C9H19NO3S/c1-8(2)14(11,12)10-6-5-9(3,7-10)13-4/h8H,5-7H2,1-4H3. The first kappa shape index (κ1) is 11.9. The number of rotatable bonds is 3. The molecule has 84 valence electrons. The smallest absolute Gasteiger partial charge is 0.216 e. The molecule has 14 heavy (non-hydrogen) atoms. The van der Waals surface area contributed by atoms with Crippen molar-refractivity contribution in [2.24, 2.45) is 0 Å². The molecular formula is C9H19NO3S. The topological polar surface area (TPSA) is 46.6 Å². The van der Waals surface area contributed by atoms with E-state index in [1.807, 2.05) is 6.92 Å². The second-order valence-electron chi connectivity index (χ2n) is 4.33. The molecule has 0 spiro atoms. The molecular weight excluding hydrogens is 202 g/mol. The molecule has 1 saturated heterocycles. The van der Waals surface area contributed by atoms with Crippen LogP contribution in [0.15, 0.2) is 0 Å². The molecule has 1 aliphatic rings. The molecule has 0 bridgehead atoms. The van der Waals surface area contributed by atoms with Gasteiger partial charge >= 0.3 is 0 Å². The highest BCUT2D eigenvalue weighted by Crippen LogP contribution is 2.27. The SMILES string of the molecule is COC1(C)CCN(S(=O)(=O)C(C)C)C1. The van der Waals surface area contributed by atoms with E-state index in [-0.39, 0.29) is 10.9 Å². The van der Waals surface area contributed by atoms with Gasteiger partial charge in [-0.25, -0.2) is 8.42 Å². The zero-order chi connectivity index (χ0) is 11.0. The maximum atomic E-state index is 11.8. The monoisotopic (exact) mass is 221 g/mol. The predicted molar refractivity (Wildman–Crippen MR) is 55.7 cm³/mol. The highest BCUT2D eigenvalue weighted by Gasteiger charge is 2.40. The minimum absolute atomic E-state index is 0.304. The molecule has 1 atom stereocenters. The van der Waals surface area contributed by atoms with E-state index in [9.17, 15) is 8.42 Å². The van der Waals surface area contributed by atoms with Crippen LogP contribution in [0.5, 0.6) is 0 Å². The third kappa shape index (κ3) is 2.10. The summed E-state index contributed by atoms with van der Waals surface area (Å²) < 4.78 is 30.4. The highest BCUT2D eigenvalue weighted by molar-refractivity contribution is 7.89. The fourth-order valence-electron chi connectivity index (χ4n) is 1.57. The van der Waals surface area contributed by atoms with E-state index in [4.69, 9.17) is 4.74 Å². The van der Waals surface area contributed by atoms with Crippen molar-refractivity contribution >= 4 is 10.0 Å². The van der Waals surface area contributed by atoms with Crippen molar-refractivity contribution in [3.63, 3.8) is 0 Å². The van der Waals surface area contributed by atoms with Gasteiger partial charge in [-0.1, -0.05) is 0 Å². The molecule has 0 aliphatic carbocycles. The normalized spacial score (nSPS) is 30.1. The number of sulfonamides is 1. The molecule has 0 aromatic heterocycles. The number of hydrogen-bond donors (Lipinski definition) is 0. The van der Waals surface area contributed by atoms with Gasteiger partial charge in [0.25, 0.3) is 0 Å². The van der Waals surface area contributed by atoms with E-state index < -0.39 is 10.0 Å². The van der Waals surface area contributed by atoms with E-state index in [1.165, 1.54) is 4.31 Å². The third-order valence-corrected chi connectivity index (χ3v) is 5.07. The van der Waals surface area contributed by atoms with Crippen LogP contribution in [0.1, 0.15) is 27.2 Å². The van der Waals surface area contributed by atoms with Crippen molar-refractivity contribution < 1.29 is 13.2 Å². The second kappa shape index (κ2) is 3.79. The summed E-state index contributed by atoms with van der Waals surface area (Å²) >= 11 is 0. The quantitative estimate of drug-likeness (QED) is 0.709. The molecule has 4 nitrogen and oxygen atoms in total. The van der Waals surface area contributed by atoms with Gasteiger partial charge in [0.2, 0.25) is 10.0 Å². The van der Waals surface area contributed by atoms with Crippen molar-refractivity contribution in [3.8, 4) is 0 Å². The first-order valence-corrected chi connectivity index (χ1v) is 6.36. The third-order valence-electron chi connectivity index (χ3n) is 2.85. The van der Waals surface area contributed by atoms with Crippen LogP contribution < -0.4 is 0 Å². The van der Waals surface area contributed by atoms with Gasteiger partial charge < -0.3 is 4.74 Å². The minimum atomic E-state index is -3.10. The first-order valence-electron chi connectivity index (χ1n) is 4.86. The summed E-state index contributed by atoms with van der Waals surface area (Å²) in [6, 6.07) is 0. The Morgan fingerprint density at radius 1 is 1.43 bits per heavy atom. The van der Waals surface area contributed by atoms with Gasteiger partial charge in [0.05, 0.1) is 10.9 Å². The molecule has 0 aromatic carbocycles. The fraction of sp³-hybridized carbons (Fsp3) is 1.00. The van der Waals surface area contributed by atoms with Crippen LogP contribution in [0, 0.1) is 0 Å². The van der Waals surface area contributed by atoms with Crippen molar-refractivity contribution in [2.75, 3.05) is 20.2 Å². The van der Waals surface area contributed by atoms with Gasteiger partial charge in [0.15, 0.2) is 0 Å². The van der Waals surface area contributed by atoms with E-state index >= 15 is 0 Å². The molecule has 0 aromatic rings. The van der Waals surface area contributed by atoms with E-state index in [1.54, 1.807) is 21.0 Å². The Labute approximate surface area is 86.3 Å². The van der Waals surface area contributed by atoms with Crippen LogP contribution in [0.25, 0.3) is 0 Å². The Hall–Kier alpha value is -0.130. The fourth-order valence-corrected chi connectivity index (χ4v) is 2.97. The van der Waals surface area contributed by atoms with Crippen LogP contribution in [0.2, 0.25) is 0 Å². The summed E-state index contributed by atoms with van der Waals surface area (Å²) in [6.45, 7) is 6.41. The summed E-state index contributed by atoms with van der Waals surface area (Å²) in [4.78, 5) is 0. The molecule has 0 amide bonds. The molecule has 1 unspecified atom stereocenters. The summed E-state index contributed by atoms with van der Waals surface area (Å²) in [6.07, 6.45) is 0.773. The zero-order valence-electron chi connectivity index (χ0n) is 9.28. The van der Waals surface area contributed by atoms with Crippen molar-refractivity contribution in [1.29, 1.82) is 0 Å². The van der Waals surface area contributed by atoms with Gasteiger partial charge in [-0.15, -0.1) is 0 Å². The van der Waals surface area contributed by atoms with Crippen LogP contribution in [-0.4, -0.2) is 43.8 Å². The Kier molecular flexibility index (Phi) is 3.23. The highest BCUT2D eigenvalue weighted by atomic mass is 32.2. The van der Waals surface area contributed by atoms with Gasteiger partial charge in [0.1, 0.15) is 0 Å². The lowest BCUT2D eigenvalue weighted by atomic mass is 10.1. The lowest BCUT2D eigenvalue weighted by Gasteiger charge is -2.23. The summed E-state index contributed by atoms with van der Waals surface area (Å²) in [5, 5.41) is -0.346. The molecule has 0 saturated carbocycles. The Morgan fingerprint density at radius 3 is 2.36 bits per heavy atom. The average molecular weight is 221 g/mol. The minimum Gasteiger partial charge on any atom is -0.377 e. The maximum Gasteiger partial charge on any atom is 0.216 e. The lowest BCUT2D eigenvalue weighted by Crippen LogP contribution is -2.38. The van der Waals surface area contributed by atoms with Crippen molar-refractivity contribution in [3.05, 3.63) is 0 Å². The molecule has 1 fully saturated rings. The molecule has 1 heterocycles. The summed E-state index contributed by atoms with van der Waals surface area (Å²) in [7, 11) is -1.47. The first-order chi connectivity index (χ1) is 6.32. The van der Waals surface area contributed by atoms with Crippen LogP contribution >= 0.6 is 0 Å². The van der Waals surface area contributed by atoms with Gasteiger partial charge in [-0.3, -0.25) is 0 Å². The van der Waals surface area contributed by atoms with Gasteiger partial charge in [-0.2, -0.15) is 4.31 Å². The van der Waals surface area contributed by atoms with Gasteiger partial charge in [-0.05, 0) is 27.2 Å². The Morgan fingerprint density at radius 2 is 2.00 bits per heavy atom. The molecule has 1 aliphatic heterocycles. The number of ether oxygens (including phenoxy) is 1. The number of hydrogen-bond acceptors (Lipinski definition) is 3. The summed E-state index contributed by atoms with van der Waals surface area (Å²) in [5.41, 5.74) is -0.304.